The van der Waals surface area contributed by atoms with Crippen LogP contribution in [0.3, 0.4) is 0 Å². The maximum Gasteiger partial charge on any atom is 0.126 e. The summed E-state index contributed by atoms with van der Waals surface area (Å²) in [4.78, 5) is 4.19. The van der Waals surface area contributed by atoms with Crippen LogP contribution in [0, 0.1) is 11.3 Å². The molecule has 0 saturated heterocycles. The summed E-state index contributed by atoms with van der Waals surface area (Å²) in [5.41, 5.74) is 2.07. The third-order valence-corrected chi connectivity index (χ3v) is 2.58. The number of ether oxygens (including phenoxy) is 1. The maximum atomic E-state index is 9.26. The van der Waals surface area contributed by atoms with E-state index in [-0.39, 0.29) is 0 Å². The molecule has 0 aliphatic carbocycles. The van der Waals surface area contributed by atoms with Crippen LogP contribution in [0.5, 0.6) is 5.75 Å². The van der Waals surface area contributed by atoms with E-state index < -0.39 is 0 Å². The molecule has 2 rings (SSSR count). The van der Waals surface area contributed by atoms with Crippen molar-refractivity contribution in [3.05, 3.63) is 59.9 Å². The van der Waals surface area contributed by atoms with E-state index in [9.17, 15) is 5.26 Å². The molecular formula is C16H14N2O. The first-order chi connectivity index (χ1) is 9.35. The monoisotopic (exact) mass is 250 g/mol. The van der Waals surface area contributed by atoms with Gasteiger partial charge in [-0.2, -0.15) is 5.26 Å². The predicted octanol–water partition coefficient (Wildman–Crippen LogP) is 3.54. The van der Waals surface area contributed by atoms with Gasteiger partial charge in [0.2, 0.25) is 0 Å². The third kappa shape index (κ3) is 3.20. The fourth-order valence-electron chi connectivity index (χ4n) is 1.73. The zero-order chi connectivity index (χ0) is 13.5. The number of benzene rings is 1. The van der Waals surface area contributed by atoms with Gasteiger partial charge < -0.3 is 4.74 Å². The van der Waals surface area contributed by atoms with E-state index >= 15 is 0 Å². The smallest absolute Gasteiger partial charge is 0.126 e. The molecule has 1 aromatic carbocycles. The molecule has 0 bridgehead atoms. The molecule has 0 spiro atoms. The second-order valence-corrected chi connectivity index (χ2v) is 3.86. The number of allylic oxidation sites excluding steroid dienone is 1. The van der Waals surface area contributed by atoms with Crippen LogP contribution in [-0.2, 0) is 0 Å². The molecule has 19 heavy (non-hydrogen) atoms. The Bertz CT molecular complexity index is 612. The van der Waals surface area contributed by atoms with Crippen molar-refractivity contribution in [3.8, 4) is 11.8 Å². The molecule has 1 heterocycles. The van der Waals surface area contributed by atoms with E-state index in [1.807, 2.05) is 49.4 Å². The molecule has 0 amide bonds. The SMILES string of the molecule is CCOc1ccccc1/C=C(\C#N)c1ccccn1. The minimum atomic E-state index is 0.521. The van der Waals surface area contributed by atoms with Gasteiger partial charge >= 0.3 is 0 Å². The zero-order valence-electron chi connectivity index (χ0n) is 10.7. The average Bonchev–Trinajstić information content (AvgIpc) is 2.47. The van der Waals surface area contributed by atoms with Crippen LogP contribution >= 0.6 is 0 Å². The normalized spacial score (nSPS) is 10.8. The molecule has 3 heteroatoms. The number of nitriles is 1. The number of hydrogen-bond donors (Lipinski definition) is 0. The van der Waals surface area contributed by atoms with Crippen LogP contribution in [0.15, 0.2) is 48.7 Å². The van der Waals surface area contributed by atoms with E-state index in [0.717, 1.165) is 11.3 Å². The standard InChI is InChI=1S/C16H14N2O/c1-2-19-16-9-4-3-7-13(16)11-14(12-17)15-8-5-6-10-18-15/h3-11H,2H2,1H3/b14-11+. The summed E-state index contributed by atoms with van der Waals surface area (Å²) in [6, 6.07) is 15.3. The van der Waals surface area contributed by atoms with Gasteiger partial charge in [-0.05, 0) is 31.2 Å². The molecule has 0 aliphatic rings. The second-order valence-electron chi connectivity index (χ2n) is 3.86. The maximum absolute atomic E-state index is 9.26. The number of aromatic nitrogens is 1. The van der Waals surface area contributed by atoms with Gasteiger partial charge in [0.05, 0.1) is 17.9 Å². The van der Waals surface area contributed by atoms with Gasteiger partial charge in [-0.15, -0.1) is 0 Å². The van der Waals surface area contributed by atoms with Crippen molar-refractivity contribution in [1.29, 1.82) is 5.26 Å². The Kier molecular flexibility index (Phi) is 4.30. The number of pyridine rings is 1. The van der Waals surface area contributed by atoms with Crippen LogP contribution in [0.2, 0.25) is 0 Å². The lowest BCUT2D eigenvalue weighted by Gasteiger charge is -2.07. The van der Waals surface area contributed by atoms with Gasteiger partial charge in [0.15, 0.2) is 0 Å². The van der Waals surface area contributed by atoms with E-state index in [1.165, 1.54) is 0 Å². The molecule has 0 saturated carbocycles. The third-order valence-electron chi connectivity index (χ3n) is 2.58. The van der Waals surface area contributed by atoms with E-state index in [2.05, 4.69) is 11.1 Å². The molecule has 0 unspecified atom stereocenters. The molecule has 0 atom stereocenters. The fourth-order valence-corrected chi connectivity index (χ4v) is 1.73. The zero-order valence-corrected chi connectivity index (χ0v) is 10.7. The van der Waals surface area contributed by atoms with Crippen molar-refractivity contribution in [3.63, 3.8) is 0 Å². The summed E-state index contributed by atoms with van der Waals surface area (Å²) in [5.74, 6) is 0.772. The summed E-state index contributed by atoms with van der Waals surface area (Å²) in [5, 5.41) is 9.26. The first-order valence-corrected chi connectivity index (χ1v) is 6.10. The van der Waals surface area contributed by atoms with Crippen LogP contribution in [-0.4, -0.2) is 11.6 Å². The minimum Gasteiger partial charge on any atom is -0.493 e. The lowest BCUT2D eigenvalue weighted by molar-refractivity contribution is 0.339. The van der Waals surface area contributed by atoms with Crippen molar-refractivity contribution >= 4 is 11.6 Å². The van der Waals surface area contributed by atoms with E-state index in [0.29, 0.717) is 17.9 Å². The molecule has 3 nitrogen and oxygen atoms in total. The van der Waals surface area contributed by atoms with Gasteiger partial charge in [-0.3, -0.25) is 4.98 Å². The predicted molar refractivity (Wildman–Crippen MR) is 75.3 cm³/mol. The Morgan fingerprint density at radius 2 is 2.05 bits per heavy atom. The number of rotatable bonds is 4. The Balaban J connectivity index is 2.42. The Morgan fingerprint density at radius 3 is 2.74 bits per heavy atom. The van der Waals surface area contributed by atoms with Crippen molar-refractivity contribution in [2.24, 2.45) is 0 Å². The van der Waals surface area contributed by atoms with E-state index in [1.54, 1.807) is 12.3 Å². The molecule has 2 aromatic rings. The van der Waals surface area contributed by atoms with Gasteiger partial charge in [0.25, 0.3) is 0 Å². The first-order valence-electron chi connectivity index (χ1n) is 6.10. The highest BCUT2D eigenvalue weighted by atomic mass is 16.5. The quantitative estimate of drug-likeness (QED) is 0.779. The number of para-hydroxylation sites is 1. The summed E-state index contributed by atoms with van der Waals surface area (Å²) in [6.07, 6.45) is 3.47. The van der Waals surface area contributed by atoms with Crippen LogP contribution in [0.4, 0.5) is 0 Å². The second kappa shape index (κ2) is 6.36. The Labute approximate surface area is 112 Å². The molecule has 94 valence electrons. The van der Waals surface area contributed by atoms with Crippen molar-refractivity contribution < 1.29 is 4.74 Å². The molecule has 0 fully saturated rings. The number of hydrogen-bond acceptors (Lipinski definition) is 3. The highest BCUT2D eigenvalue weighted by molar-refractivity contribution is 5.89. The van der Waals surface area contributed by atoms with Crippen molar-refractivity contribution in [2.75, 3.05) is 6.61 Å². The fraction of sp³-hybridized carbons (Fsp3) is 0.125. The highest BCUT2D eigenvalue weighted by Crippen LogP contribution is 2.23. The van der Waals surface area contributed by atoms with Crippen molar-refractivity contribution in [2.45, 2.75) is 6.92 Å². The average molecular weight is 250 g/mol. The lowest BCUT2D eigenvalue weighted by Crippen LogP contribution is -1.94. The lowest BCUT2D eigenvalue weighted by atomic mass is 10.1. The van der Waals surface area contributed by atoms with Gasteiger partial charge in [0, 0.05) is 11.8 Å². The summed E-state index contributed by atoms with van der Waals surface area (Å²) in [6.45, 7) is 2.53. The molecule has 0 radical (unpaired) electrons. The largest absolute Gasteiger partial charge is 0.493 e. The van der Waals surface area contributed by atoms with Crippen LogP contribution in [0.25, 0.3) is 11.6 Å². The topological polar surface area (TPSA) is 45.9 Å². The number of nitrogens with zero attached hydrogens (tertiary/aromatic N) is 2. The van der Waals surface area contributed by atoms with Crippen molar-refractivity contribution in [1.82, 2.24) is 4.98 Å². The Hall–Kier alpha value is -2.60. The highest BCUT2D eigenvalue weighted by Gasteiger charge is 2.05. The first kappa shape index (κ1) is 12.8. The molecular weight excluding hydrogens is 236 g/mol. The Morgan fingerprint density at radius 1 is 1.26 bits per heavy atom. The van der Waals surface area contributed by atoms with Gasteiger partial charge in [-0.1, -0.05) is 24.3 Å². The van der Waals surface area contributed by atoms with Crippen LogP contribution in [0.1, 0.15) is 18.2 Å². The molecule has 1 aromatic heterocycles. The molecule has 0 aliphatic heterocycles. The minimum absolute atomic E-state index is 0.521. The summed E-state index contributed by atoms with van der Waals surface area (Å²) >= 11 is 0. The van der Waals surface area contributed by atoms with Crippen LogP contribution < -0.4 is 4.74 Å². The summed E-state index contributed by atoms with van der Waals surface area (Å²) < 4.78 is 5.54. The van der Waals surface area contributed by atoms with Gasteiger partial charge in [-0.25, -0.2) is 0 Å². The van der Waals surface area contributed by atoms with E-state index in [4.69, 9.17) is 4.74 Å². The molecule has 0 N–H and O–H groups in total. The van der Waals surface area contributed by atoms with Gasteiger partial charge in [0.1, 0.15) is 11.8 Å². The summed E-state index contributed by atoms with van der Waals surface area (Å²) in [7, 11) is 0.